The molecule has 0 aliphatic carbocycles. The van der Waals surface area contributed by atoms with Crippen molar-refractivity contribution in [3.8, 4) is 33.6 Å². The normalized spacial score (nSPS) is 11.8. The summed E-state index contributed by atoms with van der Waals surface area (Å²) < 4.78 is 4.59. The first-order valence-corrected chi connectivity index (χ1v) is 17.5. The Hall–Kier alpha value is -7.04. The highest BCUT2D eigenvalue weighted by Crippen LogP contribution is 2.36. The van der Waals surface area contributed by atoms with Crippen molar-refractivity contribution >= 4 is 55.8 Å². The van der Waals surface area contributed by atoms with Gasteiger partial charge in [0.25, 0.3) is 0 Å². The van der Waals surface area contributed by atoms with E-state index in [1.807, 2.05) is 36.9 Å². The van der Waals surface area contributed by atoms with Crippen molar-refractivity contribution in [3.63, 3.8) is 0 Å². The van der Waals surface area contributed by atoms with E-state index in [9.17, 15) is 0 Å². The molecule has 10 rings (SSSR count). The minimum atomic E-state index is 1.07. The van der Waals surface area contributed by atoms with Crippen LogP contribution in [0.15, 0.2) is 183 Å². The predicted molar refractivity (Wildman–Crippen MR) is 217 cm³/mol. The van der Waals surface area contributed by atoms with Crippen molar-refractivity contribution in [2.24, 2.45) is 0 Å². The van der Waals surface area contributed by atoms with Gasteiger partial charge in [0.15, 0.2) is 0 Å². The van der Waals surface area contributed by atoms with Gasteiger partial charge in [-0.1, -0.05) is 109 Å². The summed E-state index contributed by atoms with van der Waals surface area (Å²) in [5.41, 5.74) is 14.0. The van der Waals surface area contributed by atoms with Crippen LogP contribution in [0.2, 0.25) is 0 Å². The number of para-hydroxylation sites is 2. The third kappa shape index (κ3) is 5.09. The molecule has 52 heavy (non-hydrogen) atoms. The Kier molecular flexibility index (Phi) is 7.10. The van der Waals surface area contributed by atoms with E-state index >= 15 is 0 Å². The topological polar surface area (TPSA) is 35.6 Å². The number of benzene rings is 6. The van der Waals surface area contributed by atoms with E-state index in [4.69, 9.17) is 0 Å². The van der Waals surface area contributed by atoms with E-state index in [0.29, 0.717) is 0 Å². The summed E-state index contributed by atoms with van der Waals surface area (Å²) in [7, 11) is 0. The molecule has 0 atom stereocenters. The van der Waals surface area contributed by atoms with Gasteiger partial charge in [-0.2, -0.15) is 0 Å². The van der Waals surface area contributed by atoms with Gasteiger partial charge < -0.3 is 9.13 Å². The van der Waals surface area contributed by atoms with Gasteiger partial charge in [-0.15, -0.1) is 0 Å². The van der Waals surface area contributed by atoms with Gasteiger partial charge in [0.05, 0.1) is 45.8 Å². The fourth-order valence-corrected chi connectivity index (χ4v) is 7.60. The molecule has 10 aromatic rings. The summed E-state index contributed by atoms with van der Waals surface area (Å²) in [6, 6.07) is 56.5. The molecular formula is C48H32N4. The lowest BCUT2D eigenvalue weighted by Crippen LogP contribution is -1.93. The standard InChI is InChI=1S/C48H32N4/c1-3-11-45-41(9-1)43-29-37(23-25-47(43)51(45)39-7-5-27-49-31-39)35-19-15-33(16-20-35)13-14-34-17-21-36(22-18-34)38-24-26-48-44(30-38)42-10-2-4-12-46(42)52(48)40-8-6-28-50-32-40/h1-32H. The van der Waals surface area contributed by atoms with Crippen molar-refractivity contribution in [2.75, 3.05) is 0 Å². The average molecular weight is 665 g/mol. The summed E-state index contributed by atoms with van der Waals surface area (Å²) in [6.07, 6.45) is 11.8. The maximum atomic E-state index is 4.38. The molecular weight excluding hydrogens is 633 g/mol. The van der Waals surface area contributed by atoms with Crippen LogP contribution in [0.5, 0.6) is 0 Å². The largest absolute Gasteiger partial charge is 0.308 e. The van der Waals surface area contributed by atoms with Gasteiger partial charge >= 0.3 is 0 Å². The number of fused-ring (bicyclic) bond motifs is 6. The highest BCUT2D eigenvalue weighted by Gasteiger charge is 2.14. The van der Waals surface area contributed by atoms with Crippen LogP contribution in [0.25, 0.3) is 89.4 Å². The molecule has 4 nitrogen and oxygen atoms in total. The van der Waals surface area contributed by atoms with E-state index in [1.54, 1.807) is 0 Å². The first kappa shape index (κ1) is 29.8. The minimum Gasteiger partial charge on any atom is -0.308 e. The third-order valence-corrected chi connectivity index (χ3v) is 10.1. The Morgan fingerprint density at radius 1 is 0.346 bits per heavy atom. The molecule has 4 heterocycles. The van der Waals surface area contributed by atoms with Crippen LogP contribution in [0.3, 0.4) is 0 Å². The summed E-state index contributed by atoms with van der Waals surface area (Å²) in [5, 5.41) is 4.95. The highest BCUT2D eigenvalue weighted by molar-refractivity contribution is 6.11. The number of aromatic nitrogens is 4. The quantitative estimate of drug-likeness (QED) is 0.166. The van der Waals surface area contributed by atoms with Crippen molar-refractivity contribution in [3.05, 3.63) is 194 Å². The summed E-state index contributed by atoms with van der Waals surface area (Å²) in [4.78, 5) is 8.75. The molecule has 0 saturated heterocycles. The molecule has 244 valence electrons. The monoisotopic (exact) mass is 664 g/mol. The Labute approximate surface area is 301 Å². The zero-order chi connectivity index (χ0) is 34.4. The maximum Gasteiger partial charge on any atom is 0.0645 e. The van der Waals surface area contributed by atoms with Gasteiger partial charge in [-0.25, -0.2) is 0 Å². The van der Waals surface area contributed by atoms with Crippen molar-refractivity contribution in [2.45, 2.75) is 0 Å². The predicted octanol–water partition coefficient (Wildman–Crippen LogP) is 12.2. The molecule has 0 bridgehead atoms. The van der Waals surface area contributed by atoms with Crippen molar-refractivity contribution in [1.82, 2.24) is 19.1 Å². The van der Waals surface area contributed by atoms with E-state index in [2.05, 4.69) is 177 Å². The molecule has 4 heteroatoms. The van der Waals surface area contributed by atoms with Gasteiger partial charge in [-0.05, 0) is 94.0 Å². The highest BCUT2D eigenvalue weighted by atomic mass is 15.0. The average Bonchev–Trinajstić information content (AvgIpc) is 3.73. The van der Waals surface area contributed by atoms with Crippen LogP contribution >= 0.6 is 0 Å². The van der Waals surface area contributed by atoms with Crippen LogP contribution in [0.1, 0.15) is 11.1 Å². The molecule has 0 spiro atoms. The van der Waals surface area contributed by atoms with Gasteiger partial charge in [-0.3, -0.25) is 9.97 Å². The zero-order valence-corrected chi connectivity index (χ0v) is 28.3. The molecule has 0 fully saturated rings. The van der Waals surface area contributed by atoms with Gasteiger partial charge in [0, 0.05) is 33.9 Å². The first-order valence-electron chi connectivity index (χ1n) is 17.5. The molecule has 0 radical (unpaired) electrons. The molecule has 6 aromatic carbocycles. The summed E-state index contributed by atoms with van der Waals surface area (Å²) >= 11 is 0. The second-order valence-corrected chi connectivity index (χ2v) is 13.2. The lowest BCUT2D eigenvalue weighted by atomic mass is 10.0. The van der Waals surface area contributed by atoms with E-state index in [1.165, 1.54) is 65.9 Å². The third-order valence-electron chi connectivity index (χ3n) is 10.1. The maximum absolute atomic E-state index is 4.38. The Morgan fingerprint density at radius 2 is 0.750 bits per heavy atom. The number of rotatable bonds is 6. The smallest absolute Gasteiger partial charge is 0.0645 e. The molecule has 0 N–H and O–H groups in total. The second-order valence-electron chi connectivity index (χ2n) is 13.2. The molecule has 0 unspecified atom stereocenters. The Bertz CT molecular complexity index is 2710. The second kappa shape index (κ2) is 12.4. The molecule has 4 aromatic heterocycles. The molecule has 0 aliphatic rings. The van der Waals surface area contributed by atoms with E-state index in [-0.39, 0.29) is 0 Å². The fraction of sp³-hybridized carbons (Fsp3) is 0. The molecule has 0 aliphatic heterocycles. The van der Waals surface area contributed by atoms with Crippen LogP contribution in [0.4, 0.5) is 0 Å². The van der Waals surface area contributed by atoms with Gasteiger partial charge in [0.2, 0.25) is 0 Å². The summed E-state index contributed by atoms with van der Waals surface area (Å²) in [5.74, 6) is 0. The first-order chi connectivity index (χ1) is 25.8. The minimum absolute atomic E-state index is 1.07. The molecule has 0 amide bonds. The van der Waals surface area contributed by atoms with Crippen molar-refractivity contribution < 1.29 is 0 Å². The van der Waals surface area contributed by atoms with Crippen LogP contribution in [-0.4, -0.2) is 19.1 Å². The Balaban J connectivity index is 0.906. The zero-order valence-electron chi connectivity index (χ0n) is 28.3. The van der Waals surface area contributed by atoms with Crippen LogP contribution in [-0.2, 0) is 0 Å². The summed E-state index contributed by atoms with van der Waals surface area (Å²) in [6.45, 7) is 0. The SMILES string of the molecule is C(=Cc1ccc(-c2ccc3c(c2)c2ccccc2n3-c2cccnc2)cc1)c1ccc(-c2ccc3c(c2)c2ccccc2n3-c2cccnc2)cc1. The van der Waals surface area contributed by atoms with Gasteiger partial charge in [0.1, 0.15) is 0 Å². The lowest BCUT2D eigenvalue weighted by molar-refractivity contribution is 1.14. The number of pyridine rings is 2. The van der Waals surface area contributed by atoms with E-state index in [0.717, 1.165) is 22.5 Å². The molecule has 0 saturated carbocycles. The van der Waals surface area contributed by atoms with Crippen LogP contribution in [0, 0.1) is 0 Å². The fourth-order valence-electron chi connectivity index (χ4n) is 7.60. The number of nitrogens with zero attached hydrogens (tertiary/aromatic N) is 4. The number of hydrogen-bond acceptors (Lipinski definition) is 2. The lowest BCUT2D eigenvalue weighted by Gasteiger charge is -2.08. The number of hydrogen-bond donors (Lipinski definition) is 0. The van der Waals surface area contributed by atoms with Crippen molar-refractivity contribution in [1.29, 1.82) is 0 Å². The van der Waals surface area contributed by atoms with Crippen LogP contribution < -0.4 is 0 Å². The Morgan fingerprint density at radius 3 is 1.17 bits per heavy atom. The van der Waals surface area contributed by atoms with E-state index < -0.39 is 0 Å².